The van der Waals surface area contributed by atoms with Crippen LogP contribution in [-0.4, -0.2) is 4.87 Å². The van der Waals surface area contributed by atoms with Crippen LogP contribution in [0.2, 0.25) is 0 Å². The molecule has 1 aromatic carbocycles. The molecule has 0 aliphatic heterocycles. The lowest BCUT2D eigenvalue weighted by Gasteiger charge is -2.04. The predicted octanol–water partition coefficient (Wildman–Crippen LogP) is 3.36. The van der Waals surface area contributed by atoms with Crippen LogP contribution in [-0.2, 0) is 0 Å². The van der Waals surface area contributed by atoms with Crippen LogP contribution in [0.5, 0.6) is 0 Å². The Kier molecular flexibility index (Phi) is 3.01. The second-order valence-corrected chi connectivity index (χ2v) is 4.48. The van der Waals surface area contributed by atoms with Crippen molar-refractivity contribution in [2.75, 3.05) is 0 Å². The molecule has 1 rings (SSSR count). The largest absolute Gasteiger partial charge is 0.106 e. The van der Waals surface area contributed by atoms with Crippen molar-refractivity contribution in [3.63, 3.8) is 0 Å². The third-order valence-electron chi connectivity index (χ3n) is 1.64. The normalized spacial score (nSPS) is 10.5. The van der Waals surface area contributed by atoms with E-state index in [0.717, 1.165) is 5.56 Å². The van der Waals surface area contributed by atoms with Crippen molar-refractivity contribution in [1.82, 2.24) is 0 Å². The third kappa shape index (κ3) is 3.53. The highest BCUT2D eigenvalue weighted by molar-refractivity contribution is 6.25. The zero-order valence-electron chi connectivity index (χ0n) is 8.19. The molecule has 0 nitrogen and oxygen atoms in total. The van der Waals surface area contributed by atoms with E-state index in [9.17, 15) is 0 Å². The Labute approximate surface area is 84.9 Å². The zero-order chi connectivity index (χ0) is 9.90. The van der Waals surface area contributed by atoms with E-state index in [2.05, 4.69) is 11.8 Å². The fourth-order valence-electron chi connectivity index (χ4n) is 0.929. The summed E-state index contributed by atoms with van der Waals surface area (Å²) in [5.41, 5.74) is 2.24. The van der Waals surface area contributed by atoms with Gasteiger partial charge in [0.2, 0.25) is 0 Å². The number of hydrogen-bond acceptors (Lipinski definition) is 0. The van der Waals surface area contributed by atoms with Crippen molar-refractivity contribution in [2.45, 2.75) is 25.6 Å². The summed E-state index contributed by atoms with van der Waals surface area (Å²) in [5, 5.41) is 0. The molecule has 1 aromatic rings. The Morgan fingerprint density at radius 2 is 1.85 bits per heavy atom. The van der Waals surface area contributed by atoms with Gasteiger partial charge in [-0.1, -0.05) is 30.0 Å². The molecule has 0 amide bonds. The van der Waals surface area contributed by atoms with Gasteiger partial charge in [0.25, 0.3) is 0 Å². The number of aryl methyl sites for hydroxylation is 1. The summed E-state index contributed by atoms with van der Waals surface area (Å²) in [6.07, 6.45) is 0. The summed E-state index contributed by atoms with van der Waals surface area (Å²) in [6, 6.07) is 8.04. The lowest BCUT2D eigenvalue weighted by molar-refractivity contribution is 0.917. The molecule has 13 heavy (non-hydrogen) atoms. The highest BCUT2D eigenvalue weighted by Gasteiger charge is 2.06. The lowest BCUT2D eigenvalue weighted by atomic mass is 10.1. The number of benzene rings is 1. The first kappa shape index (κ1) is 10.2. The summed E-state index contributed by atoms with van der Waals surface area (Å²) in [6.45, 7) is 5.82. The van der Waals surface area contributed by atoms with Crippen LogP contribution in [0.25, 0.3) is 0 Å². The predicted molar refractivity (Wildman–Crippen MR) is 58.0 cm³/mol. The molecule has 0 spiro atoms. The Morgan fingerprint density at radius 3 is 2.38 bits per heavy atom. The van der Waals surface area contributed by atoms with Crippen LogP contribution in [0, 0.1) is 18.8 Å². The fraction of sp³-hybridized carbons (Fsp3) is 0.333. The second-order valence-electron chi connectivity index (χ2n) is 3.54. The molecule has 0 N–H and O–H groups in total. The molecule has 68 valence electrons. The van der Waals surface area contributed by atoms with Gasteiger partial charge in [-0.3, -0.25) is 0 Å². The van der Waals surface area contributed by atoms with E-state index in [-0.39, 0.29) is 0 Å². The van der Waals surface area contributed by atoms with Gasteiger partial charge in [0.1, 0.15) is 0 Å². The van der Waals surface area contributed by atoms with Gasteiger partial charge in [-0.25, -0.2) is 0 Å². The van der Waals surface area contributed by atoms with Gasteiger partial charge < -0.3 is 0 Å². The van der Waals surface area contributed by atoms with Gasteiger partial charge in [-0.15, -0.1) is 11.6 Å². The van der Waals surface area contributed by atoms with Crippen molar-refractivity contribution < 1.29 is 0 Å². The highest BCUT2D eigenvalue weighted by Crippen LogP contribution is 2.11. The number of alkyl halides is 1. The van der Waals surface area contributed by atoms with Crippen molar-refractivity contribution >= 4 is 11.6 Å². The third-order valence-corrected chi connectivity index (χ3v) is 1.73. The monoisotopic (exact) mass is 192 g/mol. The summed E-state index contributed by atoms with van der Waals surface area (Å²) in [5.74, 6) is 6.07. The minimum absolute atomic E-state index is 0.442. The molecule has 1 heteroatoms. The van der Waals surface area contributed by atoms with Crippen molar-refractivity contribution in [2.24, 2.45) is 0 Å². The molecule has 0 saturated carbocycles. The molecular weight excluding hydrogens is 180 g/mol. The van der Waals surface area contributed by atoms with Gasteiger partial charge in [-0.2, -0.15) is 0 Å². The van der Waals surface area contributed by atoms with Gasteiger partial charge in [-0.05, 0) is 32.4 Å². The first-order valence-electron chi connectivity index (χ1n) is 4.27. The Bertz CT molecular complexity index is 347. The number of halogens is 1. The average molecular weight is 193 g/mol. The fourth-order valence-corrected chi connectivity index (χ4v) is 0.976. The second kappa shape index (κ2) is 3.85. The van der Waals surface area contributed by atoms with Crippen LogP contribution in [0.3, 0.4) is 0 Å². The topological polar surface area (TPSA) is 0 Å². The standard InChI is InChI=1S/C12H13Cl/c1-10-6-4-5-7-11(10)8-9-12(2,3)13/h4-7H,1-3H3. The van der Waals surface area contributed by atoms with Crippen molar-refractivity contribution in [3.8, 4) is 11.8 Å². The van der Waals surface area contributed by atoms with Gasteiger partial charge >= 0.3 is 0 Å². The Morgan fingerprint density at radius 1 is 1.23 bits per heavy atom. The summed E-state index contributed by atoms with van der Waals surface area (Å²) in [7, 11) is 0. The van der Waals surface area contributed by atoms with Gasteiger partial charge in [0.15, 0.2) is 0 Å². The van der Waals surface area contributed by atoms with Crippen LogP contribution >= 0.6 is 11.6 Å². The van der Waals surface area contributed by atoms with Gasteiger partial charge in [0.05, 0.1) is 4.87 Å². The van der Waals surface area contributed by atoms with E-state index >= 15 is 0 Å². The minimum Gasteiger partial charge on any atom is -0.106 e. The van der Waals surface area contributed by atoms with Crippen LogP contribution < -0.4 is 0 Å². The average Bonchev–Trinajstić information content (AvgIpc) is 2.01. The van der Waals surface area contributed by atoms with Crippen LogP contribution in [0.4, 0.5) is 0 Å². The van der Waals surface area contributed by atoms with E-state index in [1.807, 2.05) is 45.0 Å². The molecule has 0 heterocycles. The first-order valence-corrected chi connectivity index (χ1v) is 4.64. The molecule has 0 saturated heterocycles. The van der Waals surface area contributed by atoms with Crippen LogP contribution in [0.1, 0.15) is 25.0 Å². The summed E-state index contributed by atoms with van der Waals surface area (Å²) >= 11 is 5.96. The molecule has 0 unspecified atom stereocenters. The summed E-state index contributed by atoms with van der Waals surface area (Å²) in [4.78, 5) is -0.442. The van der Waals surface area contributed by atoms with Crippen molar-refractivity contribution in [3.05, 3.63) is 35.4 Å². The molecule has 0 radical (unpaired) electrons. The molecule has 0 aliphatic carbocycles. The van der Waals surface area contributed by atoms with E-state index < -0.39 is 4.87 Å². The smallest absolute Gasteiger partial charge is 0.0997 e. The molecular formula is C12H13Cl. The van der Waals surface area contributed by atoms with E-state index in [0.29, 0.717) is 0 Å². The number of hydrogen-bond donors (Lipinski definition) is 0. The SMILES string of the molecule is Cc1ccccc1C#CC(C)(C)Cl. The molecule has 0 aromatic heterocycles. The highest BCUT2D eigenvalue weighted by atomic mass is 35.5. The van der Waals surface area contributed by atoms with Crippen molar-refractivity contribution in [1.29, 1.82) is 0 Å². The Hall–Kier alpha value is -0.930. The molecule has 0 aliphatic rings. The van der Waals surface area contributed by atoms with E-state index in [1.165, 1.54) is 5.56 Å². The maximum atomic E-state index is 5.96. The quantitative estimate of drug-likeness (QED) is 0.437. The zero-order valence-corrected chi connectivity index (χ0v) is 8.94. The Balaban J connectivity index is 2.97. The van der Waals surface area contributed by atoms with Crippen LogP contribution in [0.15, 0.2) is 24.3 Å². The number of rotatable bonds is 0. The first-order chi connectivity index (χ1) is 5.99. The molecule has 0 fully saturated rings. The maximum absolute atomic E-state index is 5.96. The minimum atomic E-state index is -0.442. The maximum Gasteiger partial charge on any atom is 0.0997 e. The summed E-state index contributed by atoms with van der Waals surface area (Å²) < 4.78 is 0. The van der Waals surface area contributed by atoms with Gasteiger partial charge in [0, 0.05) is 5.56 Å². The molecule has 0 atom stereocenters. The van der Waals surface area contributed by atoms with E-state index in [4.69, 9.17) is 11.6 Å². The van der Waals surface area contributed by atoms with E-state index in [1.54, 1.807) is 0 Å². The molecule has 0 bridgehead atoms. The lowest BCUT2D eigenvalue weighted by Crippen LogP contribution is -2.04.